The maximum absolute atomic E-state index is 13.9. The second-order valence-electron chi connectivity index (χ2n) is 6.16. The minimum atomic E-state index is -0.791. The molecule has 5 heteroatoms. The molecule has 1 fully saturated rings. The molecule has 0 bridgehead atoms. The van der Waals surface area contributed by atoms with Gasteiger partial charge in [0.15, 0.2) is 11.6 Å². The first kappa shape index (κ1) is 16.3. The molecule has 1 aromatic rings. The molecule has 1 atom stereocenters. The van der Waals surface area contributed by atoms with Crippen LogP contribution in [0.5, 0.6) is 0 Å². The quantitative estimate of drug-likeness (QED) is 0.904. The fourth-order valence-corrected chi connectivity index (χ4v) is 2.86. The molecule has 1 aliphatic rings. The van der Waals surface area contributed by atoms with Crippen molar-refractivity contribution in [3.05, 3.63) is 35.4 Å². The molecule has 0 aromatic heterocycles. The summed E-state index contributed by atoms with van der Waals surface area (Å²) in [5.41, 5.74) is 0.252. The lowest BCUT2D eigenvalue weighted by atomic mass is 10.0. The third-order valence-electron chi connectivity index (χ3n) is 3.94. The molecule has 1 aliphatic heterocycles. The molecule has 21 heavy (non-hydrogen) atoms. The lowest BCUT2D eigenvalue weighted by Crippen LogP contribution is -2.48. The molecule has 0 radical (unpaired) electrons. The Morgan fingerprint density at radius 2 is 2.14 bits per heavy atom. The number of rotatable bonds is 5. The van der Waals surface area contributed by atoms with Crippen molar-refractivity contribution >= 4 is 0 Å². The smallest absolute Gasteiger partial charge is 0.163 e. The normalized spacial score (nSPS) is 20.4. The third-order valence-corrected chi connectivity index (χ3v) is 3.94. The largest absolute Gasteiger partial charge is 0.373 e. The van der Waals surface area contributed by atoms with Crippen LogP contribution in [0.25, 0.3) is 0 Å². The van der Waals surface area contributed by atoms with Crippen molar-refractivity contribution in [2.45, 2.75) is 31.9 Å². The predicted octanol–water partition coefficient (Wildman–Crippen LogP) is 2.73. The Balaban J connectivity index is 1.98. The van der Waals surface area contributed by atoms with Crippen LogP contribution < -0.4 is 5.32 Å². The van der Waals surface area contributed by atoms with Gasteiger partial charge in [0, 0.05) is 31.2 Å². The van der Waals surface area contributed by atoms with Gasteiger partial charge in [0.1, 0.15) is 0 Å². The van der Waals surface area contributed by atoms with Crippen LogP contribution >= 0.6 is 0 Å². The number of nitrogens with zero attached hydrogens (tertiary/aromatic N) is 1. The standard InChI is InChI=1S/C16H24F2N2O/c1-16(2)11-20(9-10-21-16)8-7-14(19-3)12-5-4-6-13(17)15(12)18/h4-6,14,19H,7-11H2,1-3H3. The molecular weight excluding hydrogens is 274 g/mol. The fourth-order valence-electron chi connectivity index (χ4n) is 2.86. The number of halogens is 2. The summed E-state index contributed by atoms with van der Waals surface area (Å²) in [7, 11) is 1.78. The van der Waals surface area contributed by atoms with E-state index in [1.54, 1.807) is 19.2 Å². The minimum absolute atomic E-state index is 0.141. The maximum atomic E-state index is 13.9. The van der Waals surface area contributed by atoms with Crippen LogP contribution in [0.2, 0.25) is 0 Å². The maximum Gasteiger partial charge on any atom is 0.163 e. The van der Waals surface area contributed by atoms with E-state index in [4.69, 9.17) is 4.74 Å². The van der Waals surface area contributed by atoms with Crippen LogP contribution in [0.3, 0.4) is 0 Å². The molecule has 0 aliphatic carbocycles. The first-order chi connectivity index (χ1) is 9.93. The Bertz CT molecular complexity index is 479. The van der Waals surface area contributed by atoms with E-state index >= 15 is 0 Å². The van der Waals surface area contributed by atoms with Gasteiger partial charge >= 0.3 is 0 Å². The second-order valence-corrected chi connectivity index (χ2v) is 6.16. The zero-order valence-electron chi connectivity index (χ0n) is 13.0. The topological polar surface area (TPSA) is 24.5 Å². The second kappa shape index (κ2) is 6.81. The van der Waals surface area contributed by atoms with Gasteiger partial charge in [-0.05, 0) is 33.4 Å². The molecule has 0 spiro atoms. The molecule has 1 N–H and O–H groups in total. The summed E-state index contributed by atoms with van der Waals surface area (Å²) in [6, 6.07) is 4.15. The van der Waals surface area contributed by atoms with Crippen molar-refractivity contribution in [1.82, 2.24) is 10.2 Å². The average molecular weight is 298 g/mol. The lowest BCUT2D eigenvalue weighted by Gasteiger charge is -2.38. The summed E-state index contributed by atoms with van der Waals surface area (Å²) in [6.07, 6.45) is 0.729. The van der Waals surface area contributed by atoms with Gasteiger partial charge < -0.3 is 10.1 Å². The van der Waals surface area contributed by atoms with Crippen molar-refractivity contribution < 1.29 is 13.5 Å². The molecule has 1 aromatic carbocycles. The van der Waals surface area contributed by atoms with Gasteiger partial charge in [0.05, 0.1) is 12.2 Å². The number of ether oxygens (including phenoxy) is 1. The van der Waals surface area contributed by atoms with Gasteiger partial charge in [-0.3, -0.25) is 4.90 Å². The number of hydrogen-bond donors (Lipinski definition) is 1. The Labute approximate surface area is 125 Å². The molecule has 1 unspecified atom stereocenters. The molecule has 1 heterocycles. The van der Waals surface area contributed by atoms with Crippen molar-refractivity contribution in [2.24, 2.45) is 0 Å². The Morgan fingerprint density at radius 3 is 2.81 bits per heavy atom. The SMILES string of the molecule is CNC(CCN1CCOC(C)(C)C1)c1cccc(F)c1F. The molecule has 0 saturated carbocycles. The van der Waals surface area contributed by atoms with E-state index in [0.29, 0.717) is 12.2 Å². The first-order valence-corrected chi connectivity index (χ1v) is 7.40. The lowest BCUT2D eigenvalue weighted by molar-refractivity contribution is -0.0864. The zero-order valence-corrected chi connectivity index (χ0v) is 13.0. The van der Waals surface area contributed by atoms with E-state index in [1.165, 1.54) is 0 Å². The highest BCUT2D eigenvalue weighted by molar-refractivity contribution is 5.22. The van der Waals surface area contributed by atoms with Crippen LogP contribution in [0.15, 0.2) is 18.2 Å². The van der Waals surface area contributed by atoms with Crippen molar-refractivity contribution in [3.63, 3.8) is 0 Å². The number of benzene rings is 1. The Morgan fingerprint density at radius 1 is 1.38 bits per heavy atom. The number of nitrogens with one attached hydrogen (secondary N) is 1. The highest BCUT2D eigenvalue weighted by Gasteiger charge is 2.27. The van der Waals surface area contributed by atoms with E-state index in [9.17, 15) is 8.78 Å². The molecule has 0 amide bonds. The monoisotopic (exact) mass is 298 g/mol. The highest BCUT2D eigenvalue weighted by Crippen LogP contribution is 2.23. The number of hydrogen-bond acceptors (Lipinski definition) is 3. The predicted molar refractivity (Wildman–Crippen MR) is 79.2 cm³/mol. The van der Waals surface area contributed by atoms with E-state index in [1.807, 2.05) is 0 Å². The summed E-state index contributed by atoms with van der Waals surface area (Å²) in [5.74, 6) is -1.54. The van der Waals surface area contributed by atoms with Crippen LogP contribution in [-0.4, -0.2) is 43.8 Å². The van der Waals surface area contributed by atoms with Crippen molar-refractivity contribution in [2.75, 3.05) is 33.3 Å². The summed E-state index contributed by atoms with van der Waals surface area (Å²) in [4.78, 5) is 2.31. The van der Waals surface area contributed by atoms with E-state index in [-0.39, 0.29) is 11.6 Å². The Kier molecular flexibility index (Phi) is 5.30. The van der Waals surface area contributed by atoms with E-state index in [0.717, 1.165) is 32.1 Å². The van der Waals surface area contributed by atoms with E-state index < -0.39 is 11.6 Å². The van der Waals surface area contributed by atoms with Gasteiger partial charge in [0.25, 0.3) is 0 Å². The fraction of sp³-hybridized carbons (Fsp3) is 0.625. The molecule has 118 valence electrons. The van der Waals surface area contributed by atoms with Gasteiger partial charge in [-0.2, -0.15) is 0 Å². The first-order valence-electron chi connectivity index (χ1n) is 7.40. The van der Waals surface area contributed by atoms with Crippen molar-refractivity contribution in [1.29, 1.82) is 0 Å². The number of morpholine rings is 1. The summed E-state index contributed by atoms with van der Waals surface area (Å²) < 4.78 is 32.9. The van der Waals surface area contributed by atoms with Gasteiger partial charge in [-0.15, -0.1) is 0 Å². The van der Waals surface area contributed by atoms with Gasteiger partial charge in [-0.1, -0.05) is 12.1 Å². The average Bonchev–Trinajstić information content (AvgIpc) is 2.43. The highest BCUT2D eigenvalue weighted by atomic mass is 19.2. The summed E-state index contributed by atoms with van der Waals surface area (Å²) >= 11 is 0. The summed E-state index contributed by atoms with van der Waals surface area (Å²) in [6.45, 7) is 7.42. The zero-order chi connectivity index (χ0) is 15.5. The van der Waals surface area contributed by atoms with Crippen LogP contribution in [0.1, 0.15) is 31.9 Å². The molecular formula is C16H24F2N2O. The van der Waals surface area contributed by atoms with Crippen LogP contribution in [0.4, 0.5) is 8.78 Å². The molecule has 1 saturated heterocycles. The minimum Gasteiger partial charge on any atom is -0.373 e. The summed E-state index contributed by atoms with van der Waals surface area (Å²) in [5, 5.41) is 3.08. The Hall–Kier alpha value is -1.04. The van der Waals surface area contributed by atoms with Gasteiger partial charge in [0.2, 0.25) is 0 Å². The third kappa shape index (κ3) is 4.22. The van der Waals surface area contributed by atoms with Crippen molar-refractivity contribution in [3.8, 4) is 0 Å². The van der Waals surface area contributed by atoms with Gasteiger partial charge in [-0.25, -0.2) is 8.78 Å². The van der Waals surface area contributed by atoms with E-state index in [2.05, 4.69) is 24.1 Å². The molecule has 2 rings (SSSR count). The molecule has 3 nitrogen and oxygen atoms in total. The van der Waals surface area contributed by atoms with Crippen LogP contribution in [0, 0.1) is 11.6 Å². The van der Waals surface area contributed by atoms with Crippen LogP contribution in [-0.2, 0) is 4.74 Å².